The van der Waals surface area contributed by atoms with Crippen LogP contribution in [0.4, 0.5) is 0 Å². The molecule has 0 N–H and O–H groups in total. The molecule has 9 nitrogen and oxygen atoms in total. The number of hydrogen-bond acceptors (Lipinski definition) is 8. The Morgan fingerprint density at radius 1 is 0.444 bits per heavy atom. The van der Waals surface area contributed by atoms with Crippen LogP contribution in [0.3, 0.4) is 0 Å². The van der Waals surface area contributed by atoms with E-state index in [9.17, 15) is 19.0 Å². The number of carbonyl (C=O) groups excluding carboxylic acids is 2. The van der Waals surface area contributed by atoms with Crippen LogP contribution in [0, 0.1) is 0 Å². The van der Waals surface area contributed by atoms with Crippen molar-refractivity contribution in [1.29, 1.82) is 0 Å². The van der Waals surface area contributed by atoms with Crippen molar-refractivity contribution in [2.45, 2.75) is 225 Å². The van der Waals surface area contributed by atoms with E-state index in [1.807, 2.05) is 21.1 Å². The van der Waals surface area contributed by atoms with E-state index in [2.05, 4.69) is 123 Å². The van der Waals surface area contributed by atoms with Gasteiger partial charge in [0, 0.05) is 12.8 Å². The molecule has 0 aliphatic rings. The largest absolute Gasteiger partial charge is 0.756 e. The van der Waals surface area contributed by atoms with Gasteiger partial charge in [-0.1, -0.05) is 220 Å². The molecule has 0 aromatic heterocycles. The summed E-state index contributed by atoms with van der Waals surface area (Å²) in [5.41, 5.74) is 0. The lowest BCUT2D eigenvalue weighted by atomic mass is 10.0. The van der Waals surface area contributed by atoms with E-state index in [0.29, 0.717) is 23.9 Å². The second-order valence-corrected chi connectivity index (χ2v) is 21.3. The molecule has 412 valence electrons. The fourth-order valence-electron chi connectivity index (χ4n) is 7.36. The molecular formula is C62H106NO8P. The molecule has 0 bridgehead atoms. The van der Waals surface area contributed by atoms with E-state index >= 15 is 0 Å². The highest BCUT2D eigenvalue weighted by atomic mass is 31.2. The number of quaternary nitrogens is 1. The van der Waals surface area contributed by atoms with Gasteiger partial charge in [0.25, 0.3) is 7.82 Å². The number of rotatable bonds is 51. The van der Waals surface area contributed by atoms with Crippen molar-refractivity contribution in [3.63, 3.8) is 0 Å². The first-order valence-electron chi connectivity index (χ1n) is 28.6. The minimum atomic E-state index is -4.64. The second kappa shape index (κ2) is 52.5. The highest BCUT2D eigenvalue weighted by molar-refractivity contribution is 7.45. The number of hydrogen-bond donors (Lipinski definition) is 0. The van der Waals surface area contributed by atoms with Crippen LogP contribution in [-0.4, -0.2) is 70.0 Å². The van der Waals surface area contributed by atoms with Crippen LogP contribution in [0.5, 0.6) is 0 Å². The standard InChI is InChI=1S/C62H106NO8P/c1-6-8-10-12-14-16-18-19-20-21-22-23-24-25-26-27-28-29-30-31-32-33-34-35-36-37-38-39-40-41-42-43-45-47-49-51-53-55-62(65)71-60(59-70-72(66,67)69-57-56-63(3,4)5)58-68-61(64)54-52-50-48-46-44-17-15-13-11-9-7-2/h8,10,13-16,19-20,22-23,25-26,28-29,31-32,34-35,60H,6-7,9,11-12,17-18,21,24,27,30,33,36-59H2,1-5H3/b10-8-,15-13-,16-14-,20-19-,23-22-,26-25-,29-28-,32-31-,35-34-. The van der Waals surface area contributed by atoms with Crippen molar-refractivity contribution in [2.75, 3.05) is 47.5 Å². The molecule has 0 aliphatic carbocycles. The van der Waals surface area contributed by atoms with E-state index in [4.69, 9.17) is 18.5 Å². The Bertz CT molecular complexity index is 1580. The van der Waals surface area contributed by atoms with Gasteiger partial charge in [-0.2, -0.15) is 0 Å². The molecule has 0 saturated heterocycles. The maximum atomic E-state index is 12.8. The Balaban J connectivity index is 4.05. The van der Waals surface area contributed by atoms with E-state index in [1.165, 1.54) is 70.6 Å². The number of ether oxygens (including phenoxy) is 2. The zero-order chi connectivity index (χ0) is 52.7. The summed E-state index contributed by atoms with van der Waals surface area (Å²) in [6.07, 6.45) is 72.9. The molecule has 10 heteroatoms. The number of phosphoric ester groups is 1. The second-order valence-electron chi connectivity index (χ2n) is 19.9. The van der Waals surface area contributed by atoms with Crippen molar-refractivity contribution < 1.29 is 42.1 Å². The Hall–Kier alpha value is -3.33. The molecule has 0 aromatic rings. The number of esters is 2. The lowest BCUT2D eigenvalue weighted by Crippen LogP contribution is -2.37. The van der Waals surface area contributed by atoms with Gasteiger partial charge < -0.3 is 27.9 Å². The molecule has 0 aliphatic heterocycles. The molecule has 2 atom stereocenters. The van der Waals surface area contributed by atoms with Crippen molar-refractivity contribution in [2.24, 2.45) is 0 Å². The van der Waals surface area contributed by atoms with Crippen molar-refractivity contribution in [1.82, 2.24) is 0 Å². The summed E-state index contributed by atoms with van der Waals surface area (Å²) in [5.74, 6) is -0.852. The van der Waals surface area contributed by atoms with Crippen LogP contribution in [0.2, 0.25) is 0 Å². The molecule has 0 saturated carbocycles. The fourth-order valence-corrected chi connectivity index (χ4v) is 8.09. The summed E-state index contributed by atoms with van der Waals surface area (Å²) in [6.45, 7) is 4.05. The van der Waals surface area contributed by atoms with Gasteiger partial charge in [-0.15, -0.1) is 0 Å². The predicted molar refractivity (Wildman–Crippen MR) is 305 cm³/mol. The Labute approximate surface area is 442 Å². The predicted octanol–water partition coefficient (Wildman–Crippen LogP) is 17.2. The number of allylic oxidation sites excluding steroid dienone is 18. The van der Waals surface area contributed by atoms with Crippen molar-refractivity contribution in [3.05, 3.63) is 109 Å². The van der Waals surface area contributed by atoms with Crippen LogP contribution >= 0.6 is 7.82 Å². The average molecular weight is 1020 g/mol. The first kappa shape index (κ1) is 68.7. The molecule has 0 radical (unpaired) electrons. The SMILES string of the molecule is CC/C=C\C/C=C\C/C=C\C/C=C\C/C=C\C/C=C\C/C=C\C/C=C\CCCCCCCCCCCCCCC(=O)OC(COC(=O)CCCCCCC/C=C\CCCC)COP(=O)([O-])OCC[N+](C)(C)C. The van der Waals surface area contributed by atoms with Gasteiger partial charge in [0.2, 0.25) is 0 Å². The van der Waals surface area contributed by atoms with Gasteiger partial charge in [0.1, 0.15) is 19.8 Å². The number of likely N-dealkylation sites (N-methyl/N-ethyl adjacent to an activating group) is 1. The zero-order valence-electron chi connectivity index (χ0n) is 46.6. The monoisotopic (exact) mass is 1020 g/mol. The highest BCUT2D eigenvalue weighted by Gasteiger charge is 2.21. The van der Waals surface area contributed by atoms with E-state index < -0.39 is 32.5 Å². The van der Waals surface area contributed by atoms with E-state index in [-0.39, 0.29) is 26.1 Å². The van der Waals surface area contributed by atoms with Gasteiger partial charge in [-0.3, -0.25) is 14.2 Å². The average Bonchev–Trinajstić information content (AvgIpc) is 3.34. The lowest BCUT2D eigenvalue weighted by Gasteiger charge is -2.28. The number of unbranched alkanes of at least 4 members (excludes halogenated alkanes) is 19. The van der Waals surface area contributed by atoms with Crippen LogP contribution in [0.25, 0.3) is 0 Å². The first-order valence-corrected chi connectivity index (χ1v) is 30.1. The van der Waals surface area contributed by atoms with Gasteiger partial charge in [0.15, 0.2) is 6.10 Å². The summed E-state index contributed by atoms with van der Waals surface area (Å²) in [7, 11) is 1.15. The molecule has 0 rings (SSSR count). The Morgan fingerprint density at radius 3 is 1.19 bits per heavy atom. The van der Waals surface area contributed by atoms with Gasteiger partial charge in [-0.05, 0) is 96.3 Å². The van der Waals surface area contributed by atoms with Gasteiger partial charge >= 0.3 is 11.9 Å². The normalized spacial score (nSPS) is 14.1. The van der Waals surface area contributed by atoms with Crippen LogP contribution in [-0.2, 0) is 32.7 Å². The maximum Gasteiger partial charge on any atom is 0.306 e. The molecule has 0 fully saturated rings. The lowest BCUT2D eigenvalue weighted by molar-refractivity contribution is -0.870. The van der Waals surface area contributed by atoms with Crippen LogP contribution in [0.1, 0.15) is 219 Å². The number of carbonyl (C=O) groups is 2. The third-order valence-corrected chi connectivity index (χ3v) is 12.7. The molecule has 2 unspecified atom stereocenters. The topological polar surface area (TPSA) is 111 Å². The van der Waals surface area contributed by atoms with E-state index in [0.717, 1.165) is 109 Å². The van der Waals surface area contributed by atoms with Crippen molar-refractivity contribution in [3.8, 4) is 0 Å². The summed E-state index contributed by atoms with van der Waals surface area (Å²) in [6, 6.07) is 0. The third-order valence-electron chi connectivity index (χ3n) is 11.8. The molecule has 72 heavy (non-hydrogen) atoms. The molecule has 0 heterocycles. The zero-order valence-corrected chi connectivity index (χ0v) is 47.5. The fraction of sp³-hybridized carbons (Fsp3) is 0.677. The maximum absolute atomic E-state index is 12.8. The smallest absolute Gasteiger partial charge is 0.306 e. The Kier molecular flexibility index (Phi) is 50.1. The van der Waals surface area contributed by atoms with Crippen LogP contribution in [0.15, 0.2) is 109 Å². The highest BCUT2D eigenvalue weighted by Crippen LogP contribution is 2.38. The van der Waals surface area contributed by atoms with Gasteiger partial charge in [0.05, 0.1) is 27.7 Å². The summed E-state index contributed by atoms with van der Waals surface area (Å²) in [5, 5.41) is 0. The molecule has 0 amide bonds. The third kappa shape index (κ3) is 56.0. The molecule has 0 spiro atoms. The summed E-state index contributed by atoms with van der Waals surface area (Å²) < 4.78 is 34.0. The van der Waals surface area contributed by atoms with E-state index in [1.54, 1.807) is 0 Å². The van der Waals surface area contributed by atoms with Gasteiger partial charge in [-0.25, -0.2) is 0 Å². The quantitative estimate of drug-likeness (QED) is 0.0195. The van der Waals surface area contributed by atoms with Crippen LogP contribution < -0.4 is 4.89 Å². The number of phosphoric acid groups is 1. The minimum Gasteiger partial charge on any atom is -0.756 e. The van der Waals surface area contributed by atoms with Crippen molar-refractivity contribution >= 4 is 19.8 Å². The first-order chi connectivity index (χ1) is 35.0. The summed E-state index contributed by atoms with van der Waals surface area (Å²) in [4.78, 5) is 37.7. The molecular weight excluding hydrogens is 918 g/mol. The Morgan fingerprint density at radius 2 is 0.792 bits per heavy atom. The molecule has 0 aromatic carbocycles. The summed E-state index contributed by atoms with van der Waals surface area (Å²) >= 11 is 0. The minimum absolute atomic E-state index is 0.0365. The number of nitrogens with zero attached hydrogens (tertiary/aromatic N) is 1.